The molecule has 1 unspecified atom stereocenters. The average molecular weight is 270 g/mol. The van der Waals surface area contributed by atoms with Crippen LogP contribution in [0.3, 0.4) is 0 Å². The Kier molecular flexibility index (Phi) is 3.94. The highest BCUT2D eigenvalue weighted by atomic mass is 19.3. The topological polar surface area (TPSA) is 49.5 Å². The zero-order valence-corrected chi connectivity index (χ0v) is 11.1. The van der Waals surface area contributed by atoms with Crippen LogP contribution in [-0.4, -0.2) is 23.8 Å². The second-order valence-corrected chi connectivity index (χ2v) is 5.46. The summed E-state index contributed by atoms with van der Waals surface area (Å²) in [6, 6.07) is 4.63. The van der Waals surface area contributed by atoms with E-state index in [1.165, 1.54) is 6.07 Å². The normalized spacial score (nSPS) is 24.6. The third kappa shape index (κ3) is 3.35. The van der Waals surface area contributed by atoms with E-state index in [2.05, 4.69) is 0 Å². The Morgan fingerprint density at radius 3 is 2.74 bits per heavy atom. The van der Waals surface area contributed by atoms with Gasteiger partial charge in [-0.3, -0.25) is 0 Å². The molecule has 0 aliphatic carbocycles. The van der Waals surface area contributed by atoms with Gasteiger partial charge in [0, 0.05) is 30.0 Å². The molecule has 0 radical (unpaired) electrons. The van der Waals surface area contributed by atoms with E-state index in [1.54, 1.807) is 19.1 Å². The maximum absolute atomic E-state index is 13.1. The first kappa shape index (κ1) is 14.1. The average Bonchev–Trinajstić information content (AvgIpc) is 2.50. The molecule has 1 saturated heterocycles. The molecule has 1 aromatic carbocycles. The second kappa shape index (κ2) is 5.33. The molecule has 19 heavy (non-hydrogen) atoms. The molecule has 0 bridgehead atoms. The van der Waals surface area contributed by atoms with Gasteiger partial charge < -0.3 is 15.7 Å². The molecule has 0 amide bonds. The lowest BCUT2D eigenvalue weighted by atomic mass is 9.98. The summed E-state index contributed by atoms with van der Waals surface area (Å²) in [6.45, 7) is 3.06. The molecule has 0 spiro atoms. The van der Waals surface area contributed by atoms with Crippen LogP contribution in [0.25, 0.3) is 0 Å². The van der Waals surface area contributed by atoms with Crippen LogP contribution >= 0.6 is 0 Å². The van der Waals surface area contributed by atoms with Crippen LogP contribution in [0.15, 0.2) is 18.2 Å². The van der Waals surface area contributed by atoms with Crippen molar-refractivity contribution in [2.75, 3.05) is 23.7 Å². The van der Waals surface area contributed by atoms with Gasteiger partial charge in [0.15, 0.2) is 0 Å². The Balaban J connectivity index is 2.26. The number of halogens is 2. The van der Waals surface area contributed by atoms with Crippen LogP contribution in [0.4, 0.5) is 20.2 Å². The molecule has 2 rings (SSSR count). The highest BCUT2D eigenvalue weighted by Gasteiger charge is 2.27. The van der Waals surface area contributed by atoms with Gasteiger partial charge in [-0.25, -0.2) is 8.78 Å². The molecule has 3 nitrogen and oxygen atoms in total. The van der Waals surface area contributed by atoms with Crippen LogP contribution < -0.4 is 10.6 Å². The van der Waals surface area contributed by atoms with E-state index in [1.807, 2.05) is 4.90 Å². The smallest absolute Gasteiger partial charge is 0.265 e. The van der Waals surface area contributed by atoms with Gasteiger partial charge in [0.2, 0.25) is 0 Å². The quantitative estimate of drug-likeness (QED) is 0.812. The van der Waals surface area contributed by atoms with Gasteiger partial charge in [-0.1, -0.05) is 0 Å². The Bertz CT molecular complexity index is 449. The molecule has 1 fully saturated rings. The second-order valence-electron chi connectivity index (χ2n) is 5.46. The van der Waals surface area contributed by atoms with E-state index in [9.17, 15) is 13.9 Å². The van der Waals surface area contributed by atoms with Crippen molar-refractivity contribution in [1.29, 1.82) is 0 Å². The first-order chi connectivity index (χ1) is 8.89. The first-order valence-electron chi connectivity index (χ1n) is 6.54. The van der Waals surface area contributed by atoms with E-state index in [0.29, 0.717) is 37.3 Å². The molecular weight excluding hydrogens is 250 g/mol. The van der Waals surface area contributed by atoms with Crippen molar-refractivity contribution in [1.82, 2.24) is 0 Å². The number of alkyl halides is 2. The van der Waals surface area contributed by atoms with Gasteiger partial charge in [-0.2, -0.15) is 0 Å². The molecule has 1 atom stereocenters. The Morgan fingerprint density at radius 2 is 2.05 bits per heavy atom. The van der Waals surface area contributed by atoms with Gasteiger partial charge >= 0.3 is 0 Å². The third-order valence-electron chi connectivity index (χ3n) is 3.69. The molecular formula is C14H20F2N2O. The predicted octanol–water partition coefficient (Wildman–Crippen LogP) is 2.95. The lowest BCUT2D eigenvalue weighted by Gasteiger charge is -2.26. The van der Waals surface area contributed by atoms with Gasteiger partial charge in [0.05, 0.1) is 5.60 Å². The SMILES string of the molecule is CC1(O)CCCN(c2ccc(N)cc2C(F)F)CC1. The number of nitrogens with zero attached hydrogens (tertiary/aromatic N) is 1. The van der Waals surface area contributed by atoms with Crippen LogP contribution in [-0.2, 0) is 0 Å². The molecule has 106 valence electrons. The lowest BCUT2D eigenvalue weighted by Crippen LogP contribution is -2.28. The zero-order valence-electron chi connectivity index (χ0n) is 11.1. The summed E-state index contributed by atoms with van der Waals surface area (Å²) in [7, 11) is 0. The zero-order chi connectivity index (χ0) is 14.0. The fourth-order valence-electron chi connectivity index (χ4n) is 2.54. The molecule has 5 heteroatoms. The fourth-order valence-corrected chi connectivity index (χ4v) is 2.54. The largest absolute Gasteiger partial charge is 0.399 e. The highest BCUT2D eigenvalue weighted by Crippen LogP contribution is 2.34. The third-order valence-corrected chi connectivity index (χ3v) is 3.69. The number of rotatable bonds is 2. The molecule has 1 aliphatic rings. The standard InChI is InChI=1S/C14H20F2N2O/c1-14(19)5-2-7-18(8-6-14)12-4-3-10(17)9-11(12)13(15)16/h3-4,9,13,19H,2,5-8,17H2,1H3. The van der Waals surface area contributed by atoms with Crippen molar-refractivity contribution in [2.45, 2.75) is 38.2 Å². The van der Waals surface area contributed by atoms with Crippen molar-refractivity contribution in [3.63, 3.8) is 0 Å². The van der Waals surface area contributed by atoms with Gasteiger partial charge in [0.1, 0.15) is 0 Å². The lowest BCUT2D eigenvalue weighted by molar-refractivity contribution is 0.0481. The molecule has 1 heterocycles. The van der Waals surface area contributed by atoms with E-state index in [0.717, 1.165) is 6.42 Å². The number of nitrogens with two attached hydrogens (primary N) is 1. The number of hydrogen-bond acceptors (Lipinski definition) is 3. The number of anilines is 2. The Labute approximate surface area is 112 Å². The van der Waals surface area contributed by atoms with Crippen molar-refractivity contribution in [2.24, 2.45) is 0 Å². The molecule has 1 aromatic rings. The minimum atomic E-state index is -2.54. The number of aliphatic hydroxyl groups is 1. The van der Waals surface area contributed by atoms with Gasteiger partial charge in [-0.05, 0) is 44.4 Å². The summed E-state index contributed by atoms with van der Waals surface area (Å²) < 4.78 is 26.2. The van der Waals surface area contributed by atoms with E-state index in [4.69, 9.17) is 5.73 Å². The predicted molar refractivity (Wildman–Crippen MR) is 72.5 cm³/mol. The Morgan fingerprint density at radius 1 is 1.32 bits per heavy atom. The van der Waals surface area contributed by atoms with Crippen LogP contribution in [0.1, 0.15) is 38.2 Å². The summed E-state index contributed by atoms with van der Waals surface area (Å²) in [6.07, 6.45) is -0.468. The van der Waals surface area contributed by atoms with Crippen LogP contribution in [0.5, 0.6) is 0 Å². The van der Waals surface area contributed by atoms with Crippen molar-refractivity contribution >= 4 is 11.4 Å². The molecule has 0 saturated carbocycles. The van der Waals surface area contributed by atoms with Crippen LogP contribution in [0.2, 0.25) is 0 Å². The summed E-state index contributed by atoms with van der Waals surface area (Å²) in [5, 5.41) is 10.0. The van der Waals surface area contributed by atoms with Gasteiger partial charge in [-0.15, -0.1) is 0 Å². The van der Waals surface area contributed by atoms with E-state index in [-0.39, 0.29) is 5.56 Å². The molecule has 1 aliphatic heterocycles. The van der Waals surface area contributed by atoms with Crippen molar-refractivity contribution in [3.8, 4) is 0 Å². The highest BCUT2D eigenvalue weighted by molar-refractivity contribution is 5.60. The van der Waals surface area contributed by atoms with E-state index < -0.39 is 12.0 Å². The van der Waals surface area contributed by atoms with Crippen molar-refractivity contribution in [3.05, 3.63) is 23.8 Å². The van der Waals surface area contributed by atoms with Gasteiger partial charge in [0.25, 0.3) is 6.43 Å². The molecule has 0 aromatic heterocycles. The summed E-state index contributed by atoms with van der Waals surface area (Å²) >= 11 is 0. The summed E-state index contributed by atoms with van der Waals surface area (Å²) in [5.41, 5.74) is 5.73. The summed E-state index contributed by atoms with van der Waals surface area (Å²) in [4.78, 5) is 1.92. The number of nitrogen functional groups attached to an aromatic ring is 1. The minimum Gasteiger partial charge on any atom is -0.399 e. The minimum absolute atomic E-state index is 0.0263. The Hall–Kier alpha value is -1.36. The van der Waals surface area contributed by atoms with E-state index >= 15 is 0 Å². The van der Waals surface area contributed by atoms with Crippen LogP contribution in [0, 0.1) is 0 Å². The monoisotopic (exact) mass is 270 g/mol. The maximum atomic E-state index is 13.1. The maximum Gasteiger partial charge on any atom is 0.265 e. The molecule has 3 N–H and O–H groups in total. The van der Waals surface area contributed by atoms with Crippen molar-refractivity contribution < 1.29 is 13.9 Å². The first-order valence-corrected chi connectivity index (χ1v) is 6.54. The fraction of sp³-hybridized carbons (Fsp3) is 0.571. The summed E-state index contributed by atoms with van der Waals surface area (Å²) in [5.74, 6) is 0. The number of hydrogen-bond donors (Lipinski definition) is 2. The number of benzene rings is 1.